The van der Waals surface area contributed by atoms with Gasteiger partial charge < -0.3 is 4.74 Å². The van der Waals surface area contributed by atoms with Gasteiger partial charge in [-0.2, -0.15) is 0 Å². The van der Waals surface area contributed by atoms with Gasteiger partial charge in [0, 0.05) is 12.8 Å². The molecule has 0 atom stereocenters. The molecule has 0 aromatic carbocycles. The Morgan fingerprint density at radius 1 is 1.29 bits per heavy atom. The van der Waals surface area contributed by atoms with Crippen molar-refractivity contribution in [2.24, 2.45) is 0 Å². The second kappa shape index (κ2) is 9.06. The fourth-order valence-corrected chi connectivity index (χ4v) is 1.06. The van der Waals surface area contributed by atoms with Gasteiger partial charge in [-0.15, -0.1) is 0 Å². The van der Waals surface area contributed by atoms with Gasteiger partial charge in [0.05, 0.1) is 6.61 Å². The summed E-state index contributed by atoms with van der Waals surface area (Å²) < 4.78 is 27.8. The number of ketones is 1. The summed E-state index contributed by atoms with van der Waals surface area (Å²) in [6, 6.07) is 0. The molecule has 0 saturated heterocycles. The highest BCUT2D eigenvalue weighted by Crippen LogP contribution is 2.02. The highest BCUT2D eigenvalue weighted by atomic mass is 19.3. The van der Waals surface area contributed by atoms with E-state index in [4.69, 9.17) is 0 Å². The van der Waals surface area contributed by atoms with E-state index in [9.17, 15) is 13.6 Å². The fraction of sp³-hybridized carbons (Fsp3) is 0.900. The minimum atomic E-state index is -2.44. The van der Waals surface area contributed by atoms with Crippen molar-refractivity contribution in [1.82, 2.24) is 0 Å². The van der Waals surface area contributed by atoms with E-state index in [1.165, 1.54) is 0 Å². The van der Waals surface area contributed by atoms with Gasteiger partial charge in [-0.05, 0) is 6.42 Å². The molecule has 0 N–H and O–H groups in total. The molecule has 0 saturated carbocycles. The zero-order valence-corrected chi connectivity index (χ0v) is 8.60. The zero-order chi connectivity index (χ0) is 10.8. The lowest BCUT2D eigenvalue weighted by molar-refractivity contribution is -0.120. The Kier molecular flexibility index (Phi) is 8.73. The molecule has 0 spiro atoms. The van der Waals surface area contributed by atoms with Gasteiger partial charge in [-0.25, -0.2) is 8.78 Å². The summed E-state index contributed by atoms with van der Waals surface area (Å²) in [6.45, 7) is 1.62. The molecule has 0 fully saturated rings. The lowest BCUT2D eigenvalue weighted by atomic mass is 10.1. The Morgan fingerprint density at radius 3 is 2.57 bits per heavy atom. The van der Waals surface area contributed by atoms with Crippen LogP contribution < -0.4 is 0 Å². The Bertz CT molecular complexity index is 149. The first-order valence-corrected chi connectivity index (χ1v) is 5.04. The quantitative estimate of drug-likeness (QED) is 0.544. The van der Waals surface area contributed by atoms with Crippen LogP contribution in [0.3, 0.4) is 0 Å². The number of carbonyl (C=O) groups excluding carboxylic acids is 1. The summed E-state index contributed by atoms with van der Waals surface area (Å²) >= 11 is 0. The van der Waals surface area contributed by atoms with E-state index < -0.39 is 13.0 Å². The SMILES string of the molecule is CCCCCC(=O)CCOCC(F)F. The van der Waals surface area contributed by atoms with Gasteiger partial charge in [0.25, 0.3) is 6.43 Å². The molecule has 0 aliphatic heterocycles. The van der Waals surface area contributed by atoms with Crippen molar-refractivity contribution < 1.29 is 18.3 Å². The molecular weight excluding hydrogens is 190 g/mol. The summed E-state index contributed by atoms with van der Waals surface area (Å²) in [4.78, 5) is 11.1. The molecule has 4 heteroatoms. The van der Waals surface area contributed by atoms with Crippen molar-refractivity contribution in [2.75, 3.05) is 13.2 Å². The third kappa shape index (κ3) is 9.58. The first-order chi connectivity index (χ1) is 6.66. The fourth-order valence-electron chi connectivity index (χ4n) is 1.06. The number of Topliss-reactive ketones (excluding diaryl/α,β-unsaturated/α-hetero) is 1. The number of hydrogen-bond acceptors (Lipinski definition) is 2. The lowest BCUT2D eigenvalue weighted by Crippen LogP contribution is -2.09. The molecule has 0 aliphatic rings. The van der Waals surface area contributed by atoms with E-state index in [1.807, 2.05) is 0 Å². The third-order valence-corrected chi connectivity index (χ3v) is 1.83. The van der Waals surface area contributed by atoms with Crippen LogP contribution in [0.4, 0.5) is 8.78 Å². The maximum atomic E-state index is 11.6. The van der Waals surface area contributed by atoms with Gasteiger partial charge in [0.1, 0.15) is 12.4 Å². The number of hydrogen-bond donors (Lipinski definition) is 0. The molecule has 0 heterocycles. The summed E-state index contributed by atoms with van der Waals surface area (Å²) in [6.07, 6.45) is 1.39. The van der Waals surface area contributed by atoms with Crippen LogP contribution in [0, 0.1) is 0 Å². The van der Waals surface area contributed by atoms with Crippen LogP contribution in [0.2, 0.25) is 0 Å². The summed E-state index contributed by atoms with van der Waals surface area (Å²) in [5.41, 5.74) is 0. The van der Waals surface area contributed by atoms with E-state index in [2.05, 4.69) is 11.7 Å². The number of ether oxygens (including phenoxy) is 1. The maximum absolute atomic E-state index is 11.6. The molecule has 0 radical (unpaired) electrons. The number of halogens is 2. The van der Waals surface area contributed by atoms with E-state index in [0.29, 0.717) is 6.42 Å². The van der Waals surface area contributed by atoms with E-state index in [1.54, 1.807) is 0 Å². The molecule has 0 aromatic heterocycles. The van der Waals surface area contributed by atoms with Gasteiger partial charge in [0.2, 0.25) is 0 Å². The van der Waals surface area contributed by atoms with Crippen molar-refractivity contribution >= 4 is 5.78 Å². The normalized spacial score (nSPS) is 10.9. The van der Waals surface area contributed by atoms with Gasteiger partial charge in [-0.1, -0.05) is 19.8 Å². The minimum Gasteiger partial charge on any atom is -0.375 e. The van der Waals surface area contributed by atoms with Crippen molar-refractivity contribution in [3.63, 3.8) is 0 Å². The first-order valence-electron chi connectivity index (χ1n) is 5.04. The summed E-state index contributed by atoms with van der Waals surface area (Å²) in [5, 5.41) is 0. The average molecular weight is 208 g/mol. The van der Waals surface area contributed by atoms with Crippen LogP contribution in [-0.2, 0) is 9.53 Å². The highest BCUT2D eigenvalue weighted by molar-refractivity contribution is 5.78. The van der Waals surface area contributed by atoms with E-state index >= 15 is 0 Å². The number of unbranched alkanes of at least 4 members (excludes halogenated alkanes) is 2. The Morgan fingerprint density at radius 2 is 2.00 bits per heavy atom. The zero-order valence-electron chi connectivity index (χ0n) is 8.60. The van der Waals surface area contributed by atoms with Crippen molar-refractivity contribution in [1.29, 1.82) is 0 Å². The van der Waals surface area contributed by atoms with Crippen LogP contribution in [0.15, 0.2) is 0 Å². The number of rotatable bonds is 9. The number of carbonyl (C=O) groups is 1. The van der Waals surface area contributed by atoms with Crippen molar-refractivity contribution in [3.8, 4) is 0 Å². The van der Waals surface area contributed by atoms with Gasteiger partial charge >= 0.3 is 0 Å². The first kappa shape index (κ1) is 13.5. The van der Waals surface area contributed by atoms with Crippen LogP contribution in [-0.4, -0.2) is 25.4 Å². The minimum absolute atomic E-state index is 0.104. The molecule has 0 rings (SSSR count). The molecular formula is C10H18F2O2. The largest absolute Gasteiger partial charge is 0.375 e. The van der Waals surface area contributed by atoms with Crippen molar-refractivity contribution in [3.05, 3.63) is 0 Å². The van der Waals surface area contributed by atoms with E-state index in [0.717, 1.165) is 19.3 Å². The van der Waals surface area contributed by atoms with Crippen LogP contribution in [0.5, 0.6) is 0 Å². The molecule has 0 bridgehead atoms. The Labute approximate surface area is 83.6 Å². The molecule has 0 aromatic rings. The second-order valence-corrected chi connectivity index (χ2v) is 3.21. The van der Waals surface area contributed by atoms with Gasteiger partial charge in [0.15, 0.2) is 0 Å². The molecule has 2 nitrogen and oxygen atoms in total. The maximum Gasteiger partial charge on any atom is 0.261 e. The Hall–Kier alpha value is -0.510. The van der Waals surface area contributed by atoms with E-state index in [-0.39, 0.29) is 18.8 Å². The second-order valence-electron chi connectivity index (χ2n) is 3.21. The molecule has 84 valence electrons. The predicted octanol–water partition coefficient (Wildman–Crippen LogP) is 2.81. The molecule has 0 amide bonds. The average Bonchev–Trinajstić information content (AvgIpc) is 2.13. The van der Waals surface area contributed by atoms with Crippen LogP contribution in [0.25, 0.3) is 0 Å². The van der Waals surface area contributed by atoms with Gasteiger partial charge in [-0.3, -0.25) is 4.79 Å². The van der Waals surface area contributed by atoms with Crippen LogP contribution in [0.1, 0.15) is 39.0 Å². The smallest absolute Gasteiger partial charge is 0.261 e. The number of alkyl halides is 2. The van der Waals surface area contributed by atoms with Crippen molar-refractivity contribution in [2.45, 2.75) is 45.5 Å². The third-order valence-electron chi connectivity index (χ3n) is 1.83. The summed E-state index contributed by atoms with van der Waals surface area (Å²) in [5.74, 6) is 0.104. The standard InChI is InChI=1S/C10H18F2O2/c1-2-3-4-5-9(13)6-7-14-8-10(11)12/h10H,2-8H2,1H3. The molecule has 0 aliphatic carbocycles. The van der Waals surface area contributed by atoms with Crippen LogP contribution >= 0.6 is 0 Å². The monoisotopic (exact) mass is 208 g/mol. The summed E-state index contributed by atoms with van der Waals surface area (Å²) in [7, 11) is 0. The Balaban J connectivity index is 3.18. The highest BCUT2D eigenvalue weighted by Gasteiger charge is 2.04. The lowest BCUT2D eigenvalue weighted by Gasteiger charge is -2.02. The molecule has 14 heavy (non-hydrogen) atoms. The predicted molar refractivity (Wildman–Crippen MR) is 50.6 cm³/mol. The topological polar surface area (TPSA) is 26.3 Å². The molecule has 0 unspecified atom stereocenters.